The van der Waals surface area contributed by atoms with E-state index in [0.29, 0.717) is 35.3 Å². The molecule has 1 aliphatic carbocycles. The van der Waals surface area contributed by atoms with Crippen LogP contribution in [-0.2, 0) is 4.74 Å². The fourth-order valence-corrected chi connectivity index (χ4v) is 3.35. The maximum Gasteiger partial charge on any atom is 0.286 e. The smallest absolute Gasteiger partial charge is 0.286 e. The molecule has 2 aromatic rings. The van der Waals surface area contributed by atoms with Crippen molar-refractivity contribution in [1.82, 2.24) is 15.5 Å². The first-order chi connectivity index (χ1) is 13.0. The molecule has 1 saturated carbocycles. The number of nitrogens with zero attached hydrogens (tertiary/aromatic N) is 2. The minimum Gasteiger partial charge on any atom is -0.379 e. The van der Waals surface area contributed by atoms with Gasteiger partial charge in [-0.15, -0.1) is 10.2 Å². The van der Waals surface area contributed by atoms with Crippen LogP contribution in [0.2, 0.25) is 0 Å². The van der Waals surface area contributed by atoms with Crippen LogP contribution in [0.4, 0.5) is 5.69 Å². The van der Waals surface area contributed by atoms with Crippen LogP contribution in [0.3, 0.4) is 0 Å². The van der Waals surface area contributed by atoms with E-state index in [1.54, 1.807) is 24.3 Å². The van der Waals surface area contributed by atoms with Crippen molar-refractivity contribution in [2.24, 2.45) is 0 Å². The highest BCUT2D eigenvalue weighted by molar-refractivity contribution is 7.13. The van der Waals surface area contributed by atoms with Gasteiger partial charge in [0.2, 0.25) is 5.01 Å². The highest BCUT2D eigenvalue weighted by Crippen LogP contribution is 2.41. The number of carbonyl (C=O) groups is 2. The van der Waals surface area contributed by atoms with Gasteiger partial charge < -0.3 is 15.4 Å². The van der Waals surface area contributed by atoms with Crippen molar-refractivity contribution in [3.63, 3.8) is 0 Å². The zero-order valence-corrected chi connectivity index (χ0v) is 16.3. The molecule has 1 fully saturated rings. The van der Waals surface area contributed by atoms with Gasteiger partial charge in [-0.05, 0) is 51.3 Å². The predicted molar refractivity (Wildman–Crippen MR) is 104 cm³/mol. The van der Waals surface area contributed by atoms with Crippen molar-refractivity contribution >= 4 is 28.8 Å². The number of aromatic nitrogens is 2. The van der Waals surface area contributed by atoms with Crippen molar-refractivity contribution in [1.29, 1.82) is 0 Å². The standard InChI is InChI=1S/C19H24N4O3S/c1-12(2)26-10-4-9-20-16(24)14-5-3-6-15(11-14)21-17(25)19-23-22-18(27-19)13-7-8-13/h3,5-6,11-13H,4,7-10H2,1-2H3,(H,20,24)(H,21,25). The molecule has 3 rings (SSSR count). The lowest BCUT2D eigenvalue weighted by Gasteiger charge is -2.09. The first-order valence-corrected chi connectivity index (χ1v) is 9.99. The summed E-state index contributed by atoms with van der Waals surface area (Å²) in [5, 5.41) is 15.0. The van der Waals surface area contributed by atoms with Gasteiger partial charge in [0.05, 0.1) is 6.10 Å². The van der Waals surface area contributed by atoms with Crippen LogP contribution in [0.5, 0.6) is 0 Å². The molecule has 1 aromatic carbocycles. The summed E-state index contributed by atoms with van der Waals surface area (Å²) in [5.74, 6) is -0.00705. The minimum absolute atomic E-state index is 0.178. The fourth-order valence-electron chi connectivity index (χ4n) is 2.44. The van der Waals surface area contributed by atoms with Gasteiger partial charge in [-0.25, -0.2) is 0 Å². The van der Waals surface area contributed by atoms with Gasteiger partial charge in [0.1, 0.15) is 5.01 Å². The van der Waals surface area contributed by atoms with E-state index in [1.807, 2.05) is 13.8 Å². The summed E-state index contributed by atoms with van der Waals surface area (Å²) < 4.78 is 5.45. The van der Waals surface area contributed by atoms with Gasteiger partial charge in [0, 0.05) is 30.3 Å². The summed E-state index contributed by atoms with van der Waals surface area (Å²) in [6.07, 6.45) is 3.18. The normalized spacial score (nSPS) is 13.6. The Hall–Kier alpha value is -2.32. The number of rotatable bonds is 9. The second-order valence-corrected chi connectivity index (χ2v) is 7.79. The molecule has 27 heavy (non-hydrogen) atoms. The Morgan fingerprint density at radius 1 is 1.26 bits per heavy atom. The molecular formula is C19H24N4O3S. The zero-order chi connectivity index (χ0) is 19.2. The van der Waals surface area contributed by atoms with Crippen molar-refractivity contribution in [3.8, 4) is 0 Å². The average Bonchev–Trinajstić information content (AvgIpc) is 3.38. The number of nitrogens with one attached hydrogen (secondary N) is 2. The van der Waals surface area contributed by atoms with Crippen LogP contribution in [0.1, 0.15) is 64.2 Å². The molecule has 144 valence electrons. The van der Waals surface area contributed by atoms with Crippen molar-refractivity contribution in [2.45, 2.75) is 45.1 Å². The molecule has 7 nitrogen and oxygen atoms in total. The van der Waals surface area contributed by atoms with Crippen molar-refractivity contribution in [2.75, 3.05) is 18.5 Å². The van der Waals surface area contributed by atoms with Gasteiger partial charge in [-0.2, -0.15) is 0 Å². The Bertz CT molecular complexity index is 802. The Morgan fingerprint density at radius 3 is 2.81 bits per heavy atom. The van der Waals surface area contributed by atoms with E-state index in [0.717, 1.165) is 24.3 Å². The lowest BCUT2D eigenvalue weighted by molar-refractivity contribution is 0.0757. The van der Waals surface area contributed by atoms with E-state index < -0.39 is 0 Å². The first-order valence-electron chi connectivity index (χ1n) is 9.17. The summed E-state index contributed by atoms with van der Waals surface area (Å²) >= 11 is 1.33. The van der Waals surface area contributed by atoms with Crippen LogP contribution in [-0.4, -0.2) is 41.3 Å². The summed E-state index contributed by atoms with van der Waals surface area (Å²) in [6.45, 7) is 5.11. The predicted octanol–water partition coefficient (Wildman–Crippen LogP) is 3.21. The van der Waals surface area contributed by atoms with Crippen LogP contribution < -0.4 is 10.6 Å². The Kier molecular flexibility index (Phi) is 6.52. The molecule has 8 heteroatoms. The lowest BCUT2D eigenvalue weighted by atomic mass is 10.2. The highest BCUT2D eigenvalue weighted by Gasteiger charge is 2.28. The maximum atomic E-state index is 12.3. The van der Waals surface area contributed by atoms with Crippen LogP contribution in [0.15, 0.2) is 24.3 Å². The Morgan fingerprint density at radius 2 is 2.07 bits per heavy atom. The van der Waals surface area contributed by atoms with Crippen molar-refractivity contribution < 1.29 is 14.3 Å². The SMILES string of the molecule is CC(C)OCCCNC(=O)c1cccc(NC(=O)c2nnc(C3CC3)s2)c1. The molecule has 1 aromatic heterocycles. The maximum absolute atomic E-state index is 12.3. The summed E-state index contributed by atoms with van der Waals surface area (Å²) in [4.78, 5) is 24.6. The molecule has 1 aliphatic rings. The van der Waals surface area contributed by atoms with Crippen LogP contribution in [0.25, 0.3) is 0 Å². The number of anilines is 1. The minimum atomic E-state index is -0.303. The van der Waals surface area contributed by atoms with Gasteiger partial charge in [0.25, 0.3) is 11.8 Å². The van der Waals surface area contributed by atoms with Crippen LogP contribution in [0, 0.1) is 0 Å². The molecule has 0 atom stereocenters. The van der Waals surface area contributed by atoms with Gasteiger partial charge in [-0.3, -0.25) is 9.59 Å². The number of benzene rings is 1. The van der Waals surface area contributed by atoms with E-state index in [1.165, 1.54) is 11.3 Å². The fraction of sp³-hybridized carbons (Fsp3) is 0.474. The first kappa shape index (κ1) is 19.4. The van der Waals surface area contributed by atoms with E-state index in [-0.39, 0.29) is 17.9 Å². The van der Waals surface area contributed by atoms with E-state index in [2.05, 4.69) is 20.8 Å². The lowest BCUT2D eigenvalue weighted by Crippen LogP contribution is -2.25. The highest BCUT2D eigenvalue weighted by atomic mass is 32.1. The summed E-state index contributed by atoms with van der Waals surface area (Å²) in [6, 6.07) is 6.85. The van der Waals surface area contributed by atoms with Gasteiger partial charge in [0.15, 0.2) is 0 Å². The molecule has 1 heterocycles. The average molecular weight is 388 g/mol. The molecule has 0 unspecified atom stereocenters. The molecule has 2 N–H and O–H groups in total. The largest absolute Gasteiger partial charge is 0.379 e. The topological polar surface area (TPSA) is 93.2 Å². The Balaban J connectivity index is 1.51. The van der Waals surface area contributed by atoms with E-state index >= 15 is 0 Å². The number of hydrogen-bond acceptors (Lipinski definition) is 6. The molecule has 0 saturated heterocycles. The second kappa shape index (κ2) is 9.05. The monoisotopic (exact) mass is 388 g/mol. The summed E-state index contributed by atoms with van der Waals surface area (Å²) in [5.41, 5.74) is 1.05. The summed E-state index contributed by atoms with van der Waals surface area (Å²) in [7, 11) is 0. The number of amides is 2. The molecular weight excluding hydrogens is 364 g/mol. The quantitative estimate of drug-likeness (QED) is 0.644. The molecule has 0 radical (unpaired) electrons. The molecule has 2 amide bonds. The van der Waals surface area contributed by atoms with E-state index in [4.69, 9.17) is 4.74 Å². The molecule has 0 aliphatic heterocycles. The third kappa shape index (κ3) is 5.83. The van der Waals surface area contributed by atoms with Gasteiger partial charge in [-0.1, -0.05) is 17.4 Å². The number of hydrogen-bond donors (Lipinski definition) is 2. The number of carbonyl (C=O) groups excluding carboxylic acids is 2. The second-order valence-electron chi connectivity index (χ2n) is 6.78. The Labute approximate surface area is 162 Å². The molecule has 0 spiro atoms. The van der Waals surface area contributed by atoms with E-state index in [9.17, 15) is 9.59 Å². The van der Waals surface area contributed by atoms with Crippen LogP contribution >= 0.6 is 11.3 Å². The van der Waals surface area contributed by atoms with Gasteiger partial charge >= 0.3 is 0 Å². The van der Waals surface area contributed by atoms with Crippen molar-refractivity contribution in [3.05, 3.63) is 39.8 Å². The third-order valence-electron chi connectivity index (χ3n) is 4.00. The third-order valence-corrected chi connectivity index (χ3v) is 5.09. The number of ether oxygens (including phenoxy) is 1. The molecule has 0 bridgehead atoms. The zero-order valence-electron chi connectivity index (χ0n) is 15.5.